The fourth-order valence-corrected chi connectivity index (χ4v) is 4.19. The number of carbonyl (C=O) groups is 1. The summed E-state index contributed by atoms with van der Waals surface area (Å²) in [6.07, 6.45) is 0.893. The van der Waals surface area contributed by atoms with Crippen LogP contribution in [0.1, 0.15) is 26.3 Å². The van der Waals surface area contributed by atoms with E-state index in [0.29, 0.717) is 22.8 Å². The number of aryl methyl sites for hydroxylation is 1. The number of rotatable bonds is 5. The number of ether oxygens (including phenoxy) is 2. The van der Waals surface area contributed by atoms with Gasteiger partial charge in [-0.25, -0.2) is 14.3 Å². The number of nitrogen functional groups attached to an aromatic ring is 1. The molecule has 1 amide bonds. The number of hydrogen-bond donors (Lipinski definition) is 2. The number of carbonyl (C=O) groups excluding carboxylic acids is 1. The van der Waals surface area contributed by atoms with Crippen LogP contribution >= 0.6 is 0 Å². The van der Waals surface area contributed by atoms with Crippen molar-refractivity contribution in [2.75, 3.05) is 37.2 Å². The third-order valence-electron chi connectivity index (χ3n) is 5.71. The van der Waals surface area contributed by atoms with E-state index >= 15 is 0 Å². The van der Waals surface area contributed by atoms with E-state index in [1.54, 1.807) is 17.7 Å². The standard InChI is InChI=1S/C27H32N6O3/c1-16-12-18(9-11-21(16)32(5)6)22-14-19(24-25(28)29-15-30-33(22)24)17-8-10-20(23(13-17)35-7)31-26(34)36-27(2,3)4/h8-15H,1-7H3,(H,31,34)(H2,28,29,30). The van der Waals surface area contributed by atoms with E-state index in [1.165, 1.54) is 6.33 Å². The molecule has 3 N–H and O–H groups in total. The number of nitrogens with two attached hydrogens (primary N) is 1. The maximum Gasteiger partial charge on any atom is 0.412 e. The monoisotopic (exact) mass is 488 g/mol. The van der Waals surface area contributed by atoms with Crippen molar-refractivity contribution in [1.82, 2.24) is 14.6 Å². The first kappa shape index (κ1) is 24.8. The zero-order valence-corrected chi connectivity index (χ0v) is 21.7. The molecule has 0 atom stereocenters. The summed E-state index contributed by atoms with van der Waals surface area (Å²) in [5, 5.41) is 7.25. The van der Waals surface area contributed by atoms with Crippen LogP contribution < -0.4 is 20.7 Å². The fraction of sp³-hybridized carbons (Fsp3) is 0.296. The molecule has 4 rings (SSSR count). The maximum atomic E-state index is 12.3. The van der Waals surface area contributed by atoms with Gasteiger partial charge in [0.05, 0.1) is 18.5 Å². The van der Waals surface area contributed by atoms with Gasteiger partial charge < -0.3 is 20.1 Å². The van der Waals surface area contributed by atoms with Crippen molar-refractivity contribution in [3.63, 3.8) is 0 Å². The van der Waals surface area contributed by atoms with E-state index in [2.05, 4.69) is 45.4 Å². The highest BCUT2D eigenvalue weighted by atomic mass is 16.6. The highest BCUT2D eigenvalue weighted by Gasteiger charge is 2.20. The number of methoxy groups -OCH3 is 1. The molecule has 4 aromatic rings. The average molecular weight is 489 g/mol. The molecule has 0 bridgehead atoms. The third kappa shape index (κ3) is 4.91. The first-order chi connectivity index (χ1) is 17.0. The van der Waals surface area contributed by atoms with Crippen LogP contribution in [0.25, 0.3) is 27.9 Å². The Morgan fingerprint density at radius 2 is 1.81 bits per heavy atom. The fourth-order valence-electron chi connectivity index (χ4n) is 4.19. The summed E-state index contributed by atoms with van der Waals surface area (Å²) in [6.45, 7) is 7.51. The first-order valence-electron chi connectivity index (χ1n) is 11.6. The average Bonchev–Trinajstić information content (AvgIpc) is 3.19. The van der Waals surface area contributed by atoms with Crippen LogP contribution in [0.5, 0.6) is 5.75 Å². The Kier molecular flexibility index (Phi) is 6.49. The van der Waals surface area contributed by atoms with Crippen LogP contribution in [0.3, 0.4) is 0 Å². The highest BCUT2D eigenvalue weighted by Crippen LogP contribution is 2.38. The van der Waals surface area contributed by atoms with E-state index in [9.17, 15) is 4.79 Å². The zero-order valence-electron chi connectivity index (χ0n) is 21.7. The molecule has 0 radical (unpaired) electrons. The Morgan fingerprint density at radius 1 is 1.08 bits per heavy atom. The Hall–Kier alpha value is -4.27. The van der Waals surface area contributed by atoms with Crippen molar-refractivity contribution in [3.8, 4) is 28.1 Å². The molecule has 0 saturated carbocycles. The summed E-state index contributed by atoms with van der Waals surface area (Å²) < 4.78 is 12.8. The Bertz CT molecular complexity index is 1440. The van der Waals surface area contributed by atoms with Gasteiger partial charge in [-0.1, -0.05) is 12.1 Å². The topological polar surface area (TPSA) is 107 Å². The molecule has 0 aliphatic rings. The lowest BCUT2D eigenvalue weighted by molar-refractivity contribution is 0.0635. The molecule has 2 aromatic heterocycles. The second-order valence-electron chi connectivity index (χ2n) is 9.79. The number of nitrogens with one attached hydrogen (secondary N) is 1. The van der Waals surface area contributed by atoms with Crippen molar-refractivity contribution < 1.29 is 14.3 Å². The summed E-state index contributed by atoms with van der Waals surface area (Å²) in [4.78, 5) is 18.6. The summed E-state index contributed by atoms with van der Waals surface area (Å²) >= 11 is 0. The van der Waals surface area contributed by atoms with Crippen molar-refractivity contribution in [2.24, 2.45) is 0 Å². The quantitative estimate of drug-likeness (QED) is 0.389. The lowest BCUT2D eigenvalue weighted by Gasteiger charge is -2.20. The zero-order chi connectivity index (χ0) is 26.2. The molecule has 9 heteroatoms. The van der Waals surface area contributed by atoms with Gasteiger partial charge in [0.2, 0.25) is 0 Å². The van der Waals surface area contributed by atoms with Gasteiger partial charge in [-0.2, -0.15) is 5.10 Å². The molecule has 0 spiro atoms. The van der Waals surface area contributed by atoms with Crippen molar-refractivity contribution in [2.45, 2.75) is 33.3 Å². The van der Waals surface area contributed by atoms with Crippen LogP contribution in [-0.2, 0) is 4.74 Å². The molecular weight excluding hydrogens is 456 g/mol. The van der Waals surface area contributed by atoms with Gasteiger partial charge in [-0.15, -0.1) is 0 Å². The number of amides is 1. The Labute approximate surface area is 210 Å². The maximum absolute atomic E-state index is 12.3. The summed E-state index contributed by atoms with van der Waals surface area (Å²) in [7, 11) is 5.60. The highest BCUT2D eigenvalue weighted by molar-refractivity contribution is 5.94. The first-order valence-corrected chi connectivity index (χ1v) is 11.6. The van der Waals surface area contributed by atoms with E-state index in [0.717, 1.165) is 33.6 Å². The van der Waals surface area contributed by atoms with E-state index in [1.807, 2.05) is 53.1 Å². The minimum atomic E-state index is -0.611. The minimum absolute atomic E-state index is 0.364. The molecule has 0 aliphatic heterocycles. The summed E-state index contributed by atoms with van der Waals surface area (Å²) in [6, 6.07) is 13.8. The molecule has 2 heterocycles. The molecule has 0 aliphatic carbocycles. The Balaban J connectivity index is 1.80. The van der Waals surface area contributed by atoms with Crippen LogP contribution in [0.4, 0.5) is 22.0 Å². The predicted octanol–water partition coefficient (Wildman–Crippen LogP) is 5.38. The number of aromatic nitrogens is 3. The summed E-state index contributed by atoms with van der Waals surface area (Å²) in [5.41, 5.74) is 12.8. The molecule has 2 aromatic carbocycles. The molecule has 0 unspecified atom stereocenters. The number of fused-ring (bicyclic) bond motifs is 1. The number of nitrogens with zero attached hydrogens (tertiary/aromatic N) is 4. The van der Waals surface area contributed by atoms with Gasteiger partial charge in [0.1, 0.15) is 23.2 Å². The summed E-state index contributed by atoms with van der Waals surface area (Å²) in [5.74, 6) is 0.851. The SMILES string of the molecule is COc1cc(-c2cc(-c3ccc(N(C)C)c(C)c3)n3ncnc(N)c23)ccc1NC(=O)OC(C)(C)C. The van der Waals surface area contributed by atoms with Crippen LogP contribution in [0.2, 0.25) is 0 Å². The van der Waals surface area contributed by atoms with Gasteiger partial charge in [0, 0.05) is 30.9 Å². The van der Waals surface area contributed by atoms with Crippen LogP contribution in [0, 0.1) is 6.92 Å². The predicted molar refractivity (Wildman–Crippen MR) is 144 cm³/mol. The smallest absolute Gasteiger partial charge is 0.412 e. The van der Waals surface area contributed by atoms with E-state index in [-0.39, 0.29) is 0 Å². The van der Waals surface area contributed by atoms with Crippen molar-refractivity contribution in [3.05, 3.63) is 54.4 Å². The van der Waals surface area contributed by atoms with E-state index in [4.69, 9.17) is 15.2 Å². The van der Waals surface area contributed by atoms with Gasteiger partial charge in [-0.05, 0) is 69.2 Å². The lowest BCUT2D eigenvalue weighted by atomic mass is 10.0. The normalized spacial score (nSPS) is 11.4. The van der Waals surface area contributed by atoms with Gasteiger partial charge in [0.25, 0.3) is 0 Å². The molecule has 0 saturated heterocycles. The molecule has 188 valence electrons. The number of hydrogen-bond acceptors (Lipinski definition) is 7. The molecular formula is C27H32N6O3. The van der Waals surface area contributed by atoms with E-state index < -0.39 is 11.7 Å². The van der Waals surface area contributed by atoms with Crippen molar-refractivity contribution in [1.29, 1.82) is 0 Å². The largest absolute Gasteiger partial charge is 0.495 e. The number of benzene rings is 2. The lowest BCUT2D eigenvalue weighted by Crippen LogP contribution is -2.27. The van der Waals surface area contributed by atoms with Gasteiger partial charge >= 0.3 is 6.09 Å². The van der Waals surface area contributed by atoms with Gasteiger partial charge in [0.15, 0.2) is 5.82 Å². The Morgan fingerprint density at radius 3 is 2.44 bits per heavy atom. The second kappa shape index (κ2) is 9.41. The molecule has 9 nitrogen and oxygen atoms in total. The van der Waals surface area contributed by atoms with Crippen LogP contribution in [-0.4, -0.2) is 47.5 Å². The minimum Gasteiger partial charge on any atom is -0.495 e. The van der Waals surface area contributed by atoms with Crippen LogP contribution in [0.15, 0.2) is 48.8 Å². The molecule has 36 heavy (non-hydrogen) atoms. The molecule has 0 fully saturated rings. The number of anilines is 3. The third-order valence-corrected chi connectivity index (χ3v) is 5.71. The van der Waals surface area contributed by atoms with Gasteiger partial charge in [-0.3, -0.25) is 5.32 Å². The van der Waals surface area contributed by atoms with Crippen molar-refractivity contribution >= 4 is 28.8 Å². The second-order valence-corrected chi connectivity index (χ2v) is 9.79.